The molecule has 0 bridgehead atoms. The standard InChI is InChI=1S/C14H19FN2/c1-10-6-11(2)8-12(7-10)9-16-14-5-3-4-13(15)17-14/h3-6,10,12H,7-9H2,1-2H3,(H,16,17). The first-order valence-corrected chi connectivity index (χ1v) is 6.17. The summed E-state index contributed by atoms with van der Waals surface area (Å²) >= 11 is 0. The van der Waals surface area contributed by atoms with Crippen LogP contribution in [0.3, 0.4) is 0 Å². The van der Waals surface area contributed by atoms with Crippen LogP contribution in [0, 0.1) is 17.8 Å². The molecule has 1 aliphatic rings. The van der Waals surface area contributed by atoms with Gasteiger partial charge in [0.2, 0.25) is 5.95 Å². The van der Waals surface area contributed by atoms with Crippen LogP contribution in [0.25, 0.3) is 0 Å². The largest absolute Gasteiger partial charge is 0.370 e. The highest BCUT2D eigenvalue weighted by Crippen LogP contribution is 2.27. The summed E-state index contributed by atoms with van der Waals surface area (Å²) in [5.41, 5.74) is 1.46. The van der Waals surface area contributed by atoms with Gasteiger partial charge in [-0.2, -0.15) is 4.39 Å². The van der Waals surface area contributed by atoms with Gasteiger partial charge in [-0.1, -0.05) is 24.6 Å². The highest BCUT2D eigenvalue weighted by Gasteiger charge is 2.17. The molecule has 1 N–H and O–H groups in total. The molecule has 2 rings (SSSR count). The normalized spacial score (nSPS) is 24.3. The van der Waals surface area contributed by atoms with Gasteiger partial charge >= 0.3 is 0 Å². The molecule has 0 amide bonds. The molecule has 92 valence electrons. The molecule has 1 aliphatic carbocycles. The maximum Gasteiger partial charge on any atom is 0.214 e. The number of nitrogens with one attached hydrogen (secondary N) is 1. The van der Waals surface area contributed by atoms with Crippen molar-refractivity contribution < 1.29 is 4.39 Å². The molecule has 3 heteroatoms. The smallest absolute Gasteiger partial charge is 0.214 e. The molecule has 1 aromatic rings. The van der Waals surface area contributed by atoms with Gasteiger partial charge in [-0.3, -0.25) is 0 Å². The molecule has 0 fully saturated rings. The zero-order chi connectivity index (χ0) is 12.3. The lowest BCUT2D eigenvalue weighted by molar-refractivity contribution is 0.420. The Balaban J connectivity index is 1.89. The predicted molar refractivity (Wildman–Crippen MR) is 68.3 cm³/mol. The summed E-state index contributed by atoms with van der Waals surface area (Å²) in [6, 6.07) is 4.85. The van der Waals surface area contributed by atoms with E-state index in [9.17, 15) is 4.39 Å². The second-order valence-corrected chi connectivity index (χ2v) is 5.02. The third-order valence-corrected chi connectivity index (χ3v) is 3.17. The van der Waals surface area contributed by atoms with Crippen molar-refractivity contribution in [3.63, 3.8) is 0 Å². The van der Waals surface area contributed by atoms with Crippen LogP contribution in [0.4, 0.5) is 10.2 Å². The van der Waals surface area contributed by atoms with E-state index in [-0.39, 0.29) is 0 Å². The number of aromatic nitrogens is 1. The molecule has 0 aromatic carbocycles. The van der Waals surface area contributed by atoms with E-state index in [2.05, 4.69) is 30.2 Å². The first-order chi connectivity index (χ1) is 8.13. The minimum Gasteiger partial charge on any atom is -0.370 e. The van der Waals surface area contributed by atoms with Crippen LogP contribution < -0.4 is 5.32 Å². The average molecular weight is 234 g/mol. The van der Waals surface area contributed by atoms with Crippen molar-refractivity contribution in [2.24, 2.45) is 11.8 Å². The SMILES string of the molecule is CC1=CC(C)CC(CNc2cccc(F)n2)C1. The van der Waals surface area contributed by atoms with Crippen LogP contribution in [0.5, 0.6) is 0 Å². The van der Waals surface area contributed by atoms with Gasteiger partial charge in [0.05, 0.1) is 0 Å². The number of halogens is 1. The minimum atomic E-state index is -0.428. The summed E-state index contributed by atoms with van der Waals surface area (Å²) < 4.78 is 12.9. The molecule has 1 heterocycles. The number of rotatable bonds is 3. The zero-order valence-electron chi connectivity index (χ0n) is 10.4. The summed E-state index contributed by atoms with van der Waals surface area (Å²) in [5.74, 6) is 1.48. The van der Waals surface area contributed by atoms with Gasteiger partial charge in [-0.05, 0) is 43.7 Å². The van der Waals surface area contributed by atoms with Crippen molar-refractivity contribution in [1.29, 1.82) is 0 Å². The van der Waals surface area contributed by atoms with E-state index < -0.39 is 5.95 Å². The minimum absolute atomic E-state index is 0.428. The molecule has 0 saturated heterocycles. The van der Waals surface area contributed by atoms with Gasteiger partial charge in [-0.15, -0.1) is 0 Å². The maximum atomic E-state index is 12.9. The Hall–Kier alpha value is -1.38. The average Bonchev–Trinajstić information content (AvgIpc) is 2.25. The molecular formula is C14H19FN2. The highest BCUT2D eigenvalue weighted by molar-refractivity contribution is 5.33. The fourth-order valence-corrected chi connectivity index (χ4v) is 2.60. The van der Waals surface area contributed by atoms with Crippen molar-refractivity contribution in [1.82, 2.24) is 4.98 Å². The molecule has 0 spiro atoms. The Morgan fingerprint density at radius 2 is 2.29 bits per heavy atom. The number of hydrogen-bond donors (Lipinski definition) is 1. The number of nitrogens with zero attached hydrogens (tertiary/aromatic N) is 1. The molecular weight excluding hydrogens is 215 g/mol. The quantitative estimate of drug-likeness (QED) is 0.638. The lowest BCUT2D eigenvalue weighted by Crippen LogP contribution is -2.20. The van der Waals surface area contributed by atoms with E-state index in [1.807, 2.05) is 0 Å². The highest BCUT2D eigenvalue weighted by atomic mass is 19.1. The van der Waals surface area contributed by atoms with Gasteiger partial charge in [0, 0.05) is 6.54 Å². The molecule has 0 radical (unpaired) electrons. The van der Waals surface area contributed by atoms with Crippen LogP contribution in [0.15, 0.2) is 29.8 Å². The third kappa shape index (κ3) is 3.55. The fourth-order valence-electron chi connectivity index (χ4n) is 2.60. The number of pyridine rings is 1. The first kappa shape index (κ1) is 12.1. The van der Waals surface area contributed by atoms with Crippen molar-refractivity contribution >= 4 is 5.82 Å². The van der Waals surface area contributed by atoms with E-state index in [0.29, 0.717) is 17.7 Å². The van der Waals surface area contributed by atoms with Crippen LogP contribution in [-0.2, 0) is 0 Å². The van der Waals surface area contributed by atoms with Crippen LogP contribution in [0.1, 0.15) is 26.7 Å². The van der Waals surface area contributed by atoms with E-state index in [0.717, 1.165) is 13.0 Å². The first-order valence-electron chi connectivity index (χ1n) is 6.17. The van der Waals surface area contributed by atoms with Crippen molar-refractivity contribution in [2.75, 3.05) is 11.9 Å². The summed E-state index contributed by atoms with van der Waals surface area (Å²) in [5, 5.41) is 3.22. The Morgan fingerprint density at radius 1 is 1.47 bits per heavy atom. The second kappa shape index (κ2) is 5.30. The lowest BCUT2D eigenvalue weighted by Gasteiger charge is -2.25. The van der Waals surface area contributed by atoms with Gasteiger partial charge < -0.3 is 5.32 Å². The molecule has 17 heavy (non-hydrogen) atoms. The molecule has 0 saturated carbocycles. The number of hydrogen-bond acceptors (Lipinski definition) is 2. The Morgan fingerprint density at radius 3 is 3.00 bits per heavy atom. The molecule has 1 aromatic heterocycles. The zero-order valence-corrected chi connectivity index (χ0v) is 10.4. The Bertz CT molecular complexity index is 414. The summed E-state index contributed by atoms with van der Waals surface area (Å²) in [4.78, 5) is 3.80. The van der Waals surface area contributed by atoms with E-state index in [4.69, 9.17) is 0 Å². The van der Waals surface area contributed by atoms with E-state index in [1.54, 1.807) is 12.1 Å². The Kier molecular flexibility index (Phi) is 3.77. The lowest BCUT2D eigenvalue weighted by atomic mass is 9.84. The molecule has 2 nitrogen and oxygen atoms in total. The molecule has 0 aliphatic heterocycles. The van der Waals surface area contributed by atoms with Crippen molar-refractivity contribution in [3.8, 4) is 0 Å². The Labute approximate surface area is 102 Å². The molecule has 2 unspecified atom stereocenters. The van der Waals surface area contributed by atoms with Crippen LogP contribution in [0.2, 0.25) is 0 Å². The third-order valence-electron chi connectivity index (χ3n) is 3.17. The summed E-state index contributed by atoms with van der Waals surface area (Å²) in [7, 11) is 0. The maximum absolute atomic E-state index is 12.9. The summed E-state index contributed by atoms with van der Waals surface area (Å²) in [6.45, 7) is 5.30. The second-order valence-electron chi connectivity index (χ2n) is 5.02. The van der Waals surface area contributed by atoms with Crippen LogP contribution in [-0.4, -0.2) is 11.5 Å². The van der Waals surface area contributed by atoms with Gasteiger partial charge in [0.1, 0.15) is 5.82 Å². The van der Waals surface area contributed by atoms with Gasteiger partial charge in [-0.25, -0.2) is 4.98 Å². The number of anilines is 1. The van der Waals surface area contributed by atoms with Gasteiger partial charge in [0.15, 0.2) is 0 Å². The van der Waals surface area contributed by atoms with E-state index >= 15 is 0 Å². The monoisotopic (exact) mass is 234 g/mol. The molecule has 2 atom stereocenters. The van der Waals surface area contributed by atoms with Crippen molar-refractivity contribution in [2.45, 2.75) is 26.7 Å². The summed E-state index contributed by atoms with van der Waals surface area (Å²) in [6.07, 6.45) is 4.67. The number of allylic oxidation sites excluding steroid dienone is 2. The van der Waals surface area contributed by atoms with E-state index in [1.165, 1.54) is 18.1 Å². The van der Waals surface area contributed by atoms with Crippen molar-refractivity contribution in [3.05, 3.63) is 35.8 Å². The topological polar surface area (TPSA) is 24.9 Å². The fraction of sp³-hybridized carbons (Fsp3) is 0.500. The van der Waals surface area contributed by atoms with Crippen LogP contribution >= 0.6 is 0 Å². The predicted octanol–water partition coefficient (Wildman–Crippen LogP) is 3.63. The van der Waals surface area contributed by atoms with Gasteiger partial charge in [0.25, 0.3) is 0 Å².